The molecule has 1 atom stereocenters. The fourth-order valence-corrected chi connectivity index (χ4v) is 6.23. The molecule has 0 spiro atoms. The molecule has 0 radical (unpaired) electrons. The zero-order valence-electron chi connectivity index (χ0n) is 25.0. The van der Waals surface area contributed by atoms with Gasteiger partial charge in [0, 0.05) is 23.8 Å². The van der Waals surface area contributed by atoms with Gasteiger partial charge in [-0.05, 0) is 42.8 Å². The van der Waals surface area contributed by atoms with E-state index in [9.17, 15) is 19.7 Å². The number of nitro benzene ring substituents is 1. The maximum absolute atomic E-state index is 14.1. The van der Waals surface area contributed by atoms with Crippen molar-refractivity contribution < 1.29 is 28.3 Å². The molecule has 232 valence electrons. The number of methoxy groups -OCH3 is 2. The average Bonchev–Trinajstić information content (AvgIpc) is 3.67. The van der Waals surface area contributed by atoms with E-state index >= 15 is 0 Å². The third-order valence-corrected chi connectivity index (χ3v) is 8.35. The monoisotopic (exact) mass is 637 g/mol. The Morgan fingerprint density at radius 2 is 1.80 bits per heavy atom. The van der Waals surface area contributed by atoms with Crippen molar-refractivity contribution >= 4 is 34.8 Å². The summed E-state index contributed by atoms with van der Waals surface area (Å²) in [6.45, 7) is 1.86. The minimum Gasteiger partial charge on any atom is -0.497 e. The predicted molar refractivity (Wildman–Crippen MR) is 171 cm³/mol. The number of hydrogen-bond donors (Lipinski definition) is 0. The van der Waals surface area contributed by atoms with E-state index < -0.39 is 16.9 Å². The molecule has 3 aromatic carbocycles. The normalized spacial score (nSPS) is 14.4. The Balaban J connectivity index is 1.54. The molecule has 0 aliphatic carbocycles. The predicted octanol–water partition coefficient (Wildman–Crippen LogP) is 5.12. The Bertz CT molecular complexity index is 2160. The highest BCUT2D eigenvalue weighted by atomic mass is 32.1. The quantitative estimate of drug-likeness (QED) is 0.123. The number of nitrogens with zero attached hydrogens (tertiary/aromatic N) is 3. The molecule has 0 N–H and O–H groups in total. The second kappa shape index (κ2) is 12.7. The van der Waals surface area contributed by atoms with E-state index in [0.717, 1.165) is 11.3 Å². The lowest BCUT2D eigenvalue weighted by Gasteiger charge is -2.26. The van der Waals surface area contributed by atoms with Crippen LogP contribution in [0, 0.1) is 10.1 Å². The Labute approximate surface area is 266 Å². The van der Waals surface area contributed by atoms with Crippen molar-refractivity contribution in [3.63, 3.8) is 0 Å². The highest BCUT2D eigenvalue weighted by Crippen LogP contribution is 2.36. The van der Waals surface area contributed by atoms with Crippen molar-refractivity contribution in [2.75, 3.05) is 20.8 Å². The van der Waals surface area contributed by atoms with Crippen LogP contribution in [0.3, 0.4) is 0 Å². The number of thiazole rings is 1. The van der Waals surface area contributed by atoms with Crippen molar-refractivity contribution in [2.45, 2.75) is 13.0 Å². The van der Waals surface area contributed by atoms with E-state index in [0.29, 0.717) is 54.7 Å². The molecule has 1 aliphatic heterocycles. The second-order valence-electron chi connectivity index (χ2n) is 10.0. The summed E-state index contributed by atoms with van der Waals surface area (Å²) in [6.07, 6.45) is 1.58. The van der Waals surface area contributed by atoms with Gasteiger partial charge in [0.05, 0.1) is 53.2 Å². The van der Waals surface area contributed by atoms with E-state index in [1.54, 1.807) is 56.5 Å². The van der Waals surface area contributed by atoms with E-state index in [-0.39, 0.29) is 23.4 Å². The number of ether oxygens (including phenoxy) is 3. The molecule has 0 fully saturated rings. The van der Waals surface area contributed by atoms with E-state index in [2.05, 4.69) is 0 Å². The Kier molecular flexibility index (Phi) is 8.36. The van der Waals surface area contributed by atoms with Crippen LogP contribution in [0.5, 0.6) is 11.5 Å². The van der Waals surface area contributed by atoms with Crippen molar-refractivity contribution in [1.82, 2.24) is 4.57 Å². The Morgan fingerprint density at radius 1 is 1.04 bits per heavy atom. The minimum absolute atomic E-state index is 0.118. The third-order valence-electron chi connectivity index (χ3n) is 7.36. The van der Waals surface area contributed by atoms with Gasteiger partial charge in [-0.1, -0.05) is 53.8 Å². The van der Waals surface area contributed by atoms with Gasteiger partial charge >= 0.3 is 5.97 Å². The van der Waals surface area contributed by atoms with Crippen molar-refractivity contribution in [1.29, 1.82) is 0 Å². The molecular formula is C34H27N3O8S. The zero-order valence-corrected chi connectivity index (χ0v) is 25.8. The molecule has 1 unspecified atom stereocenters. The number of non-ortho nitro benzene ring substituents is 1. The molecule has 6 rings (SSSR count). The van der Waals surface area contributed by atoms with Gasteiger partial charge in [0.25, 0.3) is 11.2 Å². The summed E-state index contributed by atoms with van der Waals surface area (Å²) in [4.78, 5) is 43.9. The number of benzene rings is 3. The summed E-state index contributed by atoms with van der Waals surface area (Å²) in [7, 11) is 3.02. The summed E-state index contributed by atoms with van der Waals surface area (Å²) >= 11 is 1.15. The van der Waals surface area contributed by atoms with Crippen LogP contribution >= 0.6 is 11.3 Å². The number of fused-ring (bicyclic) bond motifs is 1. The molecular weight excluding hydrogens is 610 g/mol. The Morgan fingerprint density at radius 3 is 2.48 bits per heavy atom. The summed E-state index contributed by atoms with van der Waals surface area (Å²) in [6, 6.07) is 23.1. The molecule has 12 heteroatoms. The lowest BCUT2D eigenvalue weighted by atomic mass is 9.93. The highest BCUT2D eigenvalue weighted by molar-refractivity contribution is 7.07. The molecule has 0 saturated heterocycles. The topological polar surface area (TPSA) is 135 Å². The van der Waals surface area contributed by atoms with Gasteiger partial charge in [-0.15, -0.1) is 0 Å². The van der Waals surface area contributed by atoms with E-state index in [1.807, 2.05) is 30.3 Å². The molecule has 11 nitrogen and oxygen atoms in total. The number of carbonyl (C=O) groups excluding carboxylic acids is 1. The first-order valence-electron chi connectivity index (χ1n) is 14.2. The number of rotatable bonds is 9. The molecule has 0 amide bonds. The van der Waals surface area contributed by atoms with Gasteiger partial charge in [0.1, 0.15) is 23.0 Å². The smallest absolute Gasteiger partial charge is 0.338 e. The maximum Gasteiger partial charge on any atom is 0.338 e. The maximum atomic E-state index is 14.1. The molecule has 1 aliphatic rings. The largest absolute Gasteiger partial charge is 0.497 e. The number of furan rings is 1. The first-order chi connectivity index (χ1) is 22.3. The number of hydrogen-bond acceptors (Lipinski definition) is 10. The van der Waals surface area contributed by atoms with Gasteiger partial charge in [-0.2, -0.15) is 0 Å². The van der Waals surface area contributed by atoms with Crippen molar-refractivity contribution in [3.05, 3.63) is 137 Å². The fraction of sp³-hybridized carbons (Fsp3) is 0.147. The van der Waals surface area contributed by atoms with Gasteiger partial charge in [0.15, 0.2) is 4.80 Å². The van der Waals surface area contributed by atoms with Crippen LogP contribution in [0.25, 0.3) is 23.1 Å². The molecule has 46 heavy (non-hydrogen) atoms. The lowest BCUT2D eigenvalue weighted by molar-refractivity contribution is -0.384. The van der Waals surface area contributed by atoms with Crippen molar-refractivity contribution in [3.8, 4) is 22.8 Å². The standard InChI is InChI=1S/C34H27N3O8S/c1-4-44-33(39)29-30(20-8-6-5-7-9-20)35-34-36(31(29)21-10-13-23(42-2)14-11-21)32(38)28(46-34)19-24-15-17-27(45-24)25-18-22(37(40)41)12-16-26(25)43-3/h5-19,31H,4H2,1-3H3/b28-19-. The summed E-state index contributed by atoms with van der Waals surface area (Å²) in [5.41, 5.74) is 1.89. The van der Waals surface area contributed by atoms with Crippen LogP contribution in [-0.2, 0) is 9.53 Å². The Hall–Kier alpha value is -5.75. The summed E-state index contributed by atoms with van der Waals surface area (Å²) < 4.78 is 24.1. The van der Waals surface area contributed by atoms with Gasteiger partial charge < -0.3 is 18.6 Å². The van der Waals surface area contributed by atoms with Crippen LogP contribution in [0.1, 0.15) is 29.9 Å². The van der Waals surface area contributed by atoms with Gasteiger partial charge in [-0.3, -0.25) is 19.5 Å². The number of aromatic nitrogens is 1. The third kappa shape index (κ3) is 5.61. The van der Waals surface area contributed by atoms with Crippen LogP contribution in [0.15, 0.2) is 105 Å². The zero-order chi connectivity index (χ0) is 32.4. The number of carbonyl (C=O) groups is 1. The summed E-state index contributed by atoms with van der Waals surface area (Å²) in [5.74, 6) is 1.09. The second-order valence-corrected chi connectivity index (χ2v) is 11.1. The van der Waals surface area contributed by atoms with Gasteiger partial charge in [0.2, 0.25) is 0 Å². The van der Waals surface area contributed by atoms with Gasteiger partial charge in [-0.25, -0.2) is 9.79 Å². The molecule has 0 saturated carbocycles. The SMILES string of the molecule is CCOC(=O)C1=C(c2ccccc2)N=c2s/c(=C\c3ccc(-c4cc([N+](=O)[O-])ccc4OC)o3)c(=O)n2C1c1ccc(OC)cc1. The van der Waals surface area contributed by atoms with Crippen molar-refractivity contribution in [2.24, 2.45) is 4.99 Å². The van der Waals surface area contributed by atoms with E-state index in [4.69, 9.17) is 23.6 Å². The first kappa shape index (κ1) is 30.3. The van der Waals surface area contributed by atoms with Crippen LogP contribution in [0.4, 0.5) is 5.69 Å². The van der Waals surface area contributed by atoms with Crippen LogP contribution < -0.4 is 24.4 Å². The number of esters is 1. The van der Waals surface area contributed by atoms with Crippen LogP contribution in [-0.4, -0.2) is 36.3 Å². The molecule has 2 aromatic heterocycles. The van der Waals surface area contributed by atoms with Crippen LogP contribution in [0.2, 0.25) is 0 Å². The molecule has 0 bridgehead atoms. The first-order valence-corrected chi connectivity index (χ1v) is 15.0. The average molecular weight is 638 g/mol. The highest BCUT2D eigenvalue weighted by Gasteiger charge is 2.35. The molecule has 5 aromatic rings. The minimum atomic E-state index is -0.847. The number of nitro groups is 1. The molecule has 3 heterocycles. The van der Waals surface area contributed by atoms with E-state index in [1.165, 1.54) is 29.9 Å². The summed E-state index contributed by atoms with van der Waals surface area (Å²) in [5, 5.41) is 11.4. The fourth-order valence-electron chi connectivity index (χ4n) is 5.25. The lowest BCUT2D eigenvalue weighted by Crippen LogP contribution is -2.40.